The van der Waals surface area contributed by atoms with Crippen molar-refractivity contribution < 1.29 is 13.6 Å². The van der Waals surface area contributed by atoms with Gasteiger partial charge in [0.2, 0.25) is 5.91 Å². The van der Waals surface area contributed by atoms with Crippen molar-refractivity contribution in [3.8, 4) is 0 Å². The molecule has 0 radical (unpaired) electrons. The molecule has 1 aliphatic rings. The van der Waals surface area contributed by atoms with Gasteiger partial charge in [0, 0.05) is 18.4 Å². The lowest BCUT2D eigenvalue weighted by Crippen LogP contribution is -2.20. The Hall–Kier alpha value is -2.23. The number of hydrogen-bond donors (Lipinski definition) is 1. The molecule has 20 heavy (non-hydrogen) atoms. The van der Waals surface area contributed by atoms with E-state index in [1.165, 1.54) is 12.1 Å². The van der Waals surface area contributed by atoms with E-state index >= 15 is 0 Å². The van der Waals surface area contributed by atoms with Gasteiger partial charge < -0.3 is 5.32 Å². The average molecular weight is 273 g/mol. The van der Waals surface area contributed by atoms with E-state index in [0.717, 1.165) is 11.6 Å². The molecule has 1 fully saturated rings. The maximum atomic E-state index is 13.4. The van der Waals surface area contributed by atoms with Gasteiger partial charge in [0.1, 0.15) is 11.6 Å². The van der Waals surface area contributed by atoms with Crippen LogP contribution >= 0.6 is 0 Å². The minimum absolute atomic E-state index is 0.103. The Labute approximate surface area is 115 Å². The third kappa shape index (κ3) is 2.41. The van der Waals surface area contributed by atoms with Gasteiger partial charge in [-0.3, -0.25) is 4.79 Å². The summed E-state index contributed by atoms with van der Waals surface area (Å²) in [5.74, 6) is -1.60. The van der Waals surface area contributed by atoms with Crippen LogP contribution in [-0.4, -0.2) is 5.91 Å². The molecule has 2 nitrogen and oxygen atoms in total. The molecule has 2 aromatic carbocycles. The van der Waals surface area contributed by atoms with Crippen LogP contribution in [0.25, 0.3) is 0 Å². The van der Waals surface area contributed by atoms with E-state index in [9.17, 15) is 13.6 Å². The number of amides is 1. The van der Waals surface area contributed by atoms with E-state index in [1.807, 2.05) is 30.3 Å². The van der Waals surface area contributed by atoms with E-state index in [-0.39, 0.29) is 24.3 Å². The maximum Gasteiger partial charge on any atom is 0.221 e. The average Bonchev–Trinajstić information content (AvgIpc) is 2.81. The molecule has 102 valence electrons. The minimum atomic E-state index is -0.619. The fourth-order valence-corrected chi connectivity index (χ4v) is 2.73. The van der Waals surface area contributed by atoms with Crippen LogP contribution in [-0.2, 0) is 4.79 Å². The largest absolute Gasteiger partial charge is 0.349 e. The van der Waals surface area contributed by atoms with Crippen LogP contribution in [0.5, 0.6) is 0 Å². The summed E-state index contributed by atoms with van der Waals surface area (Å²) < 4.78 is 26.7. The molecule has 1 aliphatic heterocycles. The summed E-state index contributed by atoms with van der Waals surface area (Å²) in [5, 5.41) is 2.87. The summed E-state index contributed by atoms with van der Waals surface area (Å²) in [6.07, 6.45) is 0.239. The summed E-state index contributed by atoms with van der Waals surface area (Å²) in [7, 11) is 0. The predicted octanol–water partition coefficient (Wildman–Crippen LogP) is 3.31. The van der Waals surface area contributed by atoms with E-state index < -0.39 is 11.6 Å². The molecule has 2 unspecified atom stereocenters. The summed E-state index contributed by atoms with van der Waals surface area (Å²) in [6.45, 7) is 0. The summed E-state index contributed by atoms with van der Waals surface area (Å²) in [4.78, 5) is 11.7. The van der Waals surface area contributed by atoms with Gasteiger partial charge in [-0.1, -0.05) is 30.3 Å². The molecule has 0 bridgehead atoms. The summed E-state index contributed by atoms with van der Waals surface area (Å²) in [6, 6.07) is 12.6. The topological polar surface area (TPSA) is 29.1 Å². The van der Waals surface area contributed by atoms with Gasteiger partial charge in [0.15, 0.2) is 0 Å². The summed E-state index contributed by atoms with van der Waals surface area (Å²) >= 11 is 0. The van der Waals surface area contributed by atoms with Gasteiger partial charge in [0.25, 0.3) is 0 Å². The first-order chi connectivity index (χ1) is 9.63. The highest BCUT2D eigenvalue weighted by Crippen LogP contribution is 2.38. The molecule has 1 amide bonds. The molecular weight excluding hydrogens is 260 g/mol. The SMILES string of the molecule is O=C1CC(c2cc(F)cc(F)c2)C(c2ccccc2)N1. The van der Waals surface area contributed by atoms with E-state index in [2.05, 4.69) is 5.32 Å². The molecule has 4 heteroatoms. The fourth-order valence-electron chi connectivity index (χ4n) is 2.73. The molecule has 2 aromatic rings. The van der Waals surface area contributed by atoms with Gasteiger partial charge in [-0.15, -0.1) is 0 Å². The van der Waals surface area contributed by atoms with Crippen LogP contribution in [0.4, 0.5) is 8.78 Å². The molecule has 0 saturated carbocycles. The second-order valence-electron chi connectivity index (χ2n) is 4.97. The Bertz CT molecular complexity index is 622. The second-order valence-corrected chi connectivity index (χ2v) is 4.97. The standard InChI is InChI=1S/C16H13F2NO/c17-12-6-11(7-13(18)8-12)14-9-15(20)19-16(14)10-4-2-1-3-5-10/h1-8,14,16H,9H2,(H,19,20). The van der Waals surface area contributed by atoms with Crippen molar-refractivity contribution in [2.45, 2.75) is 18.4 Å². The third-order valence-electron chi connectivity index (χ3n) is 3.60. The predicted molar refractivity (Wildman–Crippen MR) is 71.0 cm³/mol. The van der Waals surface area contributed by atoms with Crippen LogP contribution in [0.2, 0.25) is 0 Å². The molecule has 0 spiro atoms. The molecule has 1 saturated heterocycles. The zero-order chi connectivity index (χ0) is 14.1. The quantitative estimate of drug-likeness (QED) is 0.893. The number of carbonyl (C=O) groups is 1. The number of hydrogen-bond acceptors (Lipinski definition) is 1. The van der Waals surface area contributed by atoms with Gasteiger partial charge in [0.05, 0.1) is 6.04 Å². The highest BCUT2D eigenvalue weighted by molar-refractivity contribution is 5.80. The molecule has 0 aliphatic carbocycles. The Morgan fingerprint density at radius 3 is 2.25 bits per heavy atom. The van der Waals surface area contributed by atoms with Crippen molar-refractivity contribution in [2.75, 3.05) is 0 Å². The number of halogens is 2. The lowest BCUT2D eigenvalue weighted by atomic mass is 9.88. The second kappa shape index (κ2) is 5.04. The van der Waals surface area contributed by atoms with Crippen molar-refractivity contribution >= 4 is 5.91 Å². The lowest BCUT2D eigenvalue weighted by molar-refractivity contribution is -0.119. The molecule has 1 heterocycles. The molecule has 1 N–H and O–H groups in total. The Kier molecular flexibility index (Phi) is 3.22. The lowest BCUT2D eigenvalue weighted by Gasteiger charge is -2.19. The van der Waals surface area contributed by atoms with Gasteiger partial charge in [-0.05, 0) is 23.3 Å². The Balaban J connectivity index is 2.00. The van der Waals surface area contributed by atoms with Crippen LogP contribution in [0.1, 0.15) is 29.5 Å². The molecule has 0 aromatic heterocycles. The zero-order valence-corrected chi connectivity index (χ0v) is 10.6. The first-order valence-corrected chi connectivity index (χ1v) is 6.44. The van der Waals surface area contributed by atoms with Crippen molar-refractivity contribution in [1.82, 2.24) is 5.32 Å². The normalized spacial score (nSPS) is 21.8. The number of carbonyl (C=O) groups excluding carboxylic acids is 1. The highest BCUT2D eigenvalue weighted by atomic mass is 19.1. The number of rotatable bonds is 2. The van der Waals surface area contributed by atoms with Crippen LogP contribution in [0, 0.1) is 11.6 Å². The minimum Gasteiger partial charge on any atom is -0.349 e. The Morgan fingerprint density at radius 2 is 1.60 bits per heavy atom. The van der Waals surface area contributed by atoms with Crippen LogP contribution in [0.3, 0.4) is 0 Å². The molecule has 3 rings (SSSR count). The number of nitrogens with one attached hydrogen (secondary N) is 1. The first-order valence-electron chi connectivity index (χ1n) is 6.44. The summed E-state index contributed by atoms with van der Waals surface area (Å²) in [5.41, 5.74) is 1.45. The van der Waals surface area contributed by atoms with Crippen LogP contribution < -0.4 is 5.32 Å². The highest BCUT2D eigenvalue weighted by Gasteiger charge is 2.34. The van der Waals surface area contributed by atoms with E-state index in [0.29, 0.717) is 5.56 Å². The Morgan fingerprint density at radius 1 is 0.950 bits per heavy atom. The van der Waals surface area contributed by atoms with Crippen molar-refractivity contribution in [3.63, 3.8) is 0 Å². The molecule has 2 atom stereocenters. The van der Waals surface area contributed by atoms with Gasteiger partial charge in [-0.25, -0.2) is 8.78 Å². The van der Waals surface area contributed by atoms with Crippen molar-refractivity contribution in [2.24, 2.45) is 0 Å². The van der Waals surface area contributed by atoms with Crippen molar-refractivity contribution in [3.05, 3.63) is 71.3 Å². The third-order valence-corrected chi connectivity index (χ3v) is 3.60. The monoisotopic (exact) mass is 273 g/mol. The first kappa shape index (κ1) is 12.8. The fraction of sp³-hybridized carbons (Fsp3) is 0.188. The smallest absolute Gasteiger partial charge is 0.221 e. The van der Waals surface area contributed by atoms with Gasteiger partial charge in [-0.2, -0.15) is 0 Å². The zero-order valence-electron chi connectivity index (χ0n) is 10.6. The number of benzene rings is 2. The van der Waals surface area contributed by atoms with E-state index in [4.69, 9.17) is 0 Å². The van der Waals surface area contributed by atoms with Crippen LogP contribution in [0.15, 0.2) is 48.5 Å². The van der Waals surface area contributed by atoms with E-state index in [1.54, 1.807) is 0 Å². The molecular formula is C16H13F2NO. The van der Waals surface area contributed by atoms with Gasteiger partial charge >= 0.3 is 0 Å². The van der Waals surface area contributed by atoms with Crippen molar-refractivity contribution in [1.29, 1.82) is 0 Å². The maximum absolute atomic E-state index is 13.4.